The SMILES string of the molecule is FC(F)(F)Oc1ccccc1CN1CC(N2CCOCC2)C1. The molecule has 2 aliphatic rings. The molecule has 0 unspecified atom stereocenters. The number of halogens is 3. The zero-order valence-corrected chi connectivity index (χ0v) is 12.2. The smallest absolute Gasteiger partial charge is 0.405 e. The van der Waals surface area contributed by atoms with E-state index in [0.29, 0.717) is 18.2 Å². The zero-order chi connectivity index (χ0) is 15.6. The first-order chi connectivity index (χ1) is 10.5. The van der Waals surface area contributed by atoms with Crippen LogP contribution in [0.25, 0.3) is 0 Å². The minimum atomic E-state index is -4.65. The molecule has 0 spiro atoms. The van der Waals surface area contributed by atoms with E-state index in [0.717, 1.165) is 39.4 Å². The first kappa shape index (κ1) is 15.6. The third-order valence-electron chi connectivity index (χ3n) is 4.09. The van der Waals surface area contributed by atoms with Gasteiger partial charge in [0.05, 0.1) is 13.2 Å². The molecular weight excluding hydrogens is 297 g/mol. The largest absolute Gasteiger partial charge is 0.573 e. The van der Waals surface area contributed by atoms with Crippen LogP contribution in [0.2, 0.25) is 0 Å². The molecule has 22 heavy (non-hydrogen) atoms. The Morgan fingerprint density at radius 3 is 2.50 bits per heavy atom. The predicted octanol–water partition coefficient (Wildman–Crippen LogP) is 2.10. The van der Waals surface area contributed by atoms with Crippen molar-refractivity contribution < 1.29 is 22.6 Å². The van der Waals surface area contributed by atoms with Gasteiger partial charge in [-0.15, -0.1) is 13.2 Å². The number of morpholine rings is 1. The summed E-state index contributed by atoms with van der Waals surface area (Å²) in [6.45, 7) is 5.63. The van der Waals surface area contributed by atoms with Crippen LogP contribution in [0.5, 0.6) is 5.75 Å². The number of benzene rings is 1. The first-order valence-electron chi connectivity index (χ1n) is 7.39. The van der Waals surface area contributed by atoms with Gasteiger partial charge in [-0.05, 0) is 6.07 Å². The second-order valence-corrected chi connectivity index (χ2v) is 5.65. The van der Waals surface area contributed by atoms with Crippen LogP contribution >= 0.6 is 0 Å². The predicted molar refractivity (Wildman–Crippen MR) is 74.6 cm³/mol. The number of nitrogens with zero attached hydrogens (tertiary/aromatic N) is 2. The highest BCUT2D eigenvalue weighted by Gasteiger charge is 2.34. The fourth-order valence-electron chi connectivity index (χ4n) is 2.94. The quantitative estimate of drug-likeness (QED) is 0.849. The lowest BCUT2D eigenvalue weighted by atomic mass is 10.0. The molecule has 1 aromatic carbocycles. The summed E-state index contributed by atoms with van der Waals surface area (Å²) in [5.41, 5.74) is 0.570. The van der Waals surface area contributed by atoms with Gasteiger partial charge in [0.25, 0.3) is 0 Å². The lowest BCUT2D eigenvalue weighted by molar-refractivity contribution is -0.275. The molecule has 2 heterocycles. The van der Waals surface area contributed by atoms with E-state index in [1.807, 2.05) is 0 Å². The summed E-state index contributed by atoms with van der Waals surface area (Å²) in [5.74, 6) is -0.107. The minimum Gasteiger partial charge on any atom is -0.405 e. The second kappa shape index (κ2) is 6.44. The summed E-state index contributed by atoms with van der Waals surface area (Å²) >= 11 is 0. The summed E-state index contributed by atoms with van der Waals surface area (Å²) in [6.07, 6.45) is -4.65. The van der Waals surface area contributed by atoms with E-state index in [9.17, 15) is 13.2 Å². The second-order valence-electron chi connectivity index (χ2n) is 5.65. The van der Waals surface area contributed by atoms with Crippen LogP contribution in [-0.2, 0) is 11.3 Å². The maximum atomic E-state index is 12.4. The molecule has 122 valence electrons. The van der Waals surface area contributed by atoms with Gasteiger partial charge in [-0.25, -0.2) is 0 Å². The molecule has 0 saturated carbocycles. The van der Waals surface area contributed by atoms with Crippen molar-refractivity contribution in [2.45, 2.75) is 18.9 Å². The number of hydrogen-bond acceptors (Lipinski definition) is 4. The molecule has 0 aliphatic carbocycles. The molecule has 4 nitrogen and oxygen atoms in total. The van der Waals surface area contributed by atoms with Gasteiger partial charge in [0.15, 0.2) is 0 Å². The Labute approximate surface area is 127 Å². The monoisotopic (exact) mass is 316 g/mol. The van der Waals surface area contributed by atoms with Crippen molar-refractivity contribution >= 4 is 0 Å². The van der Waals surface area contributed by atoms with E-state index in [-0.39, 0.29) is 5.75 Å². The van der Waals surface area contributed by atoms with E-state index >= 15 is 0 Å². The lowest BCUT2D eigenvalue weighted by Gasteiger charge is -2.46. The Hall–Kier alpha value is -1.31. The number of hydrogen-bond donors (Lipinski definition) is 0. The fraction of sp³-hybridized carbons (Fsp3) is 0.600. The topological polar surface area (TPSA) is 24.9 Å². The molecule has 2 fully saturated rings. The van der Waals surface area contributed by atoms with Crippen molar-refractivity contribution in [3.8, 4) is 5.75 Å². The minimum absolute atomic E-state index is 0.107. The molecule has 7 heteroatoms. The van der Waals surface area contributed by atoms with Gasteiger partial charge in [-0.1, -0.05) is 18.2 Å². The molecule has 0 amide bonds. The first-order valence-corrected chi connectivity index (χ1v) is 7.39. The molecule has 3 rings (SSSR count). The highest BCUT2D eigenvalue weighted by Crippen LogP contribution is 2.28. The van der Waals surface area contributed by atoms with Crippen molar-refractivity contribution in [1.82, 2.24) is 9.80 Å². The van der Waals surface area contributed by atoms with E-state index < -0.39 is 6.36 Å². The summed E-state index contributed by atoms with van der Waals surface area (Å²) in [4.78, 5) is 4.52. The molecule has 0 bridgehead atoms. The van der Waals surface area contributed by atoms with Crippen LogP contribution in [0.1, 0.15) is 5.56 Å². The lowest BCUT2D eigenvalue weighted by Crippen LogP contribution is -2.60. The molecule has 2 saturated heterocycles. The summed E-state index contributed by atoms with van der Waals surface area (Å²) in [7, 11) is 0. The van der Waals surface area contributed by atoms with Crippen molar-refractivity contribution in [1.29, 1.82) is 0 Å². The Morgan fingerprint density at radius 1 is 1.14 bits per heavy atom. The molecule has 0 aromatic heterocycles. The van der Waals surface area contributed by atoms with E-state index in [1.54, 1.807) is 18.2 Å². The standard InChI is InChI=1S/C15H19F3N2O2/c16-15(17,18)22-14-4-2-1-3-12(14)9-19-10-13(11-19)20-5-7-21-8-6-20/h1-4,13H,5-11H2. The van der Waals surface area contributed by atoms with Crippen LogP contribution in [-0.4, -0.2) is 61.6 Å². The summed E-state index contributed by atoms with van der Waals surface area (Å²) < 4.78 is 46.6. The van der Waals surface area contributed by atoms with Crippen molar-refractivity contribution in [3.63, 3.8) is 0 Å². The summed E-state index contributed by atoms with van der Waals surface area (Å²) in [5, 5.41) is 0. The number of para-hydroxylation sites is 1. The van der Waals surface area contributed by atoms with Crippen molar-refractivity contribution in [2.75, 3.05) is 39.4 Å². The van der Waals surface area contributed by atoms with Gasteiger partial charge in [-0.3, -0.25) is 9.80 Å². The van der Waals surface area contributed by atoms with Gasteiger partial charge >= 0.3 is 6.36 Å². The average molecular weight is 316 g/mol. The van der Waals surface area contributed by atoms with E-state index in [4.69, 9.17) is 4.74 Å². The molecule has 0 atom stereocenters. The number of likely N-dealkylation sites (tertiary alicyclic amines) is 1. The van der Waals surface area contributed by atoms with Gasteiger partial charge in [0.2, 0.25) is 0 Å². The molecule has 1 aromatic rings. The molecular formula is C15H19F3N2O2. The fourth-order valence-corrected chi connectivity index (χ4v) is 2.94. The Kier molecular flexibility index (Phi) is 4.56. The van der Waals surface area contributed by atoms with Crippen LogP contribution in [0.4, 0.5) is 13.2 Å². The van der Waals surface area contributed by atoms with Crippen LogP contribution < -0.4 is 4.74 Å². The maximum Gasteiger partial charge on any atom is 0.573 e. The average Bonchev–Trinajstić information content (AvgIpc) is 2.43. The third-order valence-corrected chi connectivity index (χ3v) is 4.09. The maximum absolute atomic E-state index is 12.4. The Bertz CT molecular complexity index is 498. The van der Waals surface area contributed by atoms with E-state index in [1.165, 1.54) is 6.07 Å². The van der Waals surface area contributed by atoms with Crippen LogP contribution in [0.3, 0.4) is 0 Å². The van der Waals surface area contributed by atoms with E-state index in [2.05, 4.69) is 14.5 Å². The number of alkyl halides is 3. The number of rotatable bonds is 4. The number of ether oxygens (including phenoxy) is 2. The molecule has 2 aliphatic heterocycles. The van der Waals surface area contributed by atoms with Crippen LogP contribution in [0.15, 0.2) is 24.3 Å². The highest BCUT2D eigenvalue weighted by molar-refractivity contribution is 5.33. The zero-order valence-electron chi connectivity index (χ0n) is 12.2. The molecule has 0 radical (unpaired) electrons. The summed E-state index contributed by atoms with van der Waals surface area (Å²) in [6, 6.07) is 6.82. The van der Waals surface area contributed by atoms with Gasteiger partial charge in [0.1, 0.15) is 5.75 Å². The van der Waals surface area contributed by atoms with Crippen molar-refractivity contribution in [2.24, 2.45) is 0 Å². The van der Waals surface area contributed by atoms with Crippen molar-refractivity contribution in [3.05, 3.63) is 29.8 Å². The van der Waals surface area contributed by atoms with Gasteiger partial charge in [0, 0.05) is 44.3 Å². The third kappa shape index (κ3) is 3.91. The Morgan fingerprint density at radius 2 is 1.82 bits per heavy atom. The van der Waals surface area contributed by atoms with Gasteiger partial charge in [-0.2, -0.15) is 0 Å². The normalized spacial score (nSPS) is 21.6. The Balaban J connectivity index is 1.54. The highest BCUT2D eigenvalue weighted by atomic mass is 19.4. The molecule has 0 N–H and O–H groups in total. The van der Waals surface area contributed by atoms with Crippen LogP contribution in [0, 0.1) is 0 Å². The van der Waals surface area contributed by atoms with Gasteiger partial charge < -0.3 is 9.47 Å².